The molecule has 0 radical (unpaired) electrons. The molecule has 0 bridgehead atoms. The summed E-state index contributed by atoms with van der Waals surface area (Å²) in [5.74, 6) is -0.967. The Morgan fingerprint density at radius 2 is 1.88 bits per heavy atom. The third kappa shape index (κ3) is 5.19. The van der Waals surface area contributed by atoms with E-state index < -0.39 is 17.7 Å². The predicted octanol–water partition coefficient (Wildman–Crippen LogP) is 3.24. The molecule has 0 fully saturated rings. The van der Waals surface area contributed by atoms with Crippen LogP contribution in [0.15, 0.2) is 42.0 Å². The second kappa shape index (κ2) is 5.52. The minimum Gasteiger partial charge on any atom is -0.457 e. The lowest BCUT2D eigenvalue weighted by Gasteiger charge is -2.06. The van der Waals surface area contributed by atoms with Gasteiger partial charge in [-0.15, -0.1) is 0 Å². The van der Waals surface area contributed by atoms with Gasteiger partial charge in [0.15, 0.2) is 0 Å². The topological polar surface area (TPSA) is 26.3 Å². The maximum absolute atomic E-state index is 11.9. The Morgan fingerprint density at radius 1 is 1.29 bits per heavy atom. The Labute approximate surface area is 96.7 Å². The van der Waals surface area contributed by atoms with Crippen LogP contribution in [0.5, 0.6) is 0 Å². The smallest absolute Gasteiger partial charge is 0.410 e. The summed E-state index contributed by atoms with van der Waals surface area (Å²) in [5.41, 5.74) is 0.258. The number of halogens is 3. The van der Waals surface area contributed by atoms with E-state index in [2.05, 4.69) is 0 Å². The molecule has 1 rings (SSSR count). The Kier molecular flexibility index (Phi) is 4.31. The number of alkyl halides is 3. The van der Waals surface area contributed by atoms with Crippen molar-refractivity contribution < 1.29 is 22.7 Å². The molecule has 92 valence electrons. The first-order chi connectivity index (χ1) is 7.88. The van der Waals surface area contributed by atoms with Crippen molar-refractivity contribution in [3.8, 4) is 0 Å². The summed E-state index contributed by atoms with van der Waals surface area (Å²) in [5, 5.41) is 0. The Hall–Kier alpha value is -1.78. The number of benzene rings is 1. The molecular weight excluding hydrogens is 233 g/mol. The number of allylic oxidation sites excluding steroid dienone is 1. The van der Waals surface area contributed by atoms with Crippen LogP contribution in [0.1, 0.15) is 12.5 Å². The van der Waals surface area contributed by atoms with Gasteiger partial charge in [-0.1, -0.05) is 30.3 Å². The first-order valence-electron chi connectivity index (χ1n) is 4.86. The first kappa shape index (κ1) is 13.3. The summed E-state index contributed by atoms with van der Waals surface area (Å²) in [6, 6.07) is 8.73. The van der Waals surface area contributed by atoms with Gasteiger partial charge in [-0.2, -0.15) is 13.2 Å². The number of carbonyl (C=O) groups excluding carboxylic acids is 1. The van der Waals surface area contributed by atoms with E-state index in [-0.39, 0.29) is 12.7 Å². The molecule has 1 aromatic carbocycles. The van der Waals surface area contributed by atoms with Gasteiger partial charge in [0.2, 0.25) is 0 Å². The molecular formula is C12H11F3O2. The van der Waals surface area contributed by atoms with Crippen LogP contribution in [0.2, 0.25) is 0 Å². The third-order valence-electron chi connectivity index (χ3n) is 1.91. The van der Waals surface area contributed by atoms with Crippen LogP contribution in [0.3, 0.4) is 0 Å². The molecule has 0 heterocycles. The summed E-state index contributed by atoms with van der Waals surface area (Å²) in [6.45, 7) is 1.03. The normalized spacial score (nSPS) is 12.4. The van der Waals surface area contributed by atoms with Crippen molar-refractivity contribution in [1.29, 1.82) is 0 Å². The van der Waals surface area contributed by atoms with Crippen molar-refractivity contribution in [3.05, 3.63) is 47.5 Å². The van der Waals surface area contributed by atoms with Crippen molar-refractivity contribution >= 4 is 5.97 Å². The van der Waals surface area contributed by atoms with E-state index >= 15 is 0 Å². The van der Waals surface area contributed by atoms with Crippen molar-refractivity contribution in [1.82, 2.24) is 0 Å². The highest BCUT2D eigenvalue weighted by atomic mass is 19.4. The van der Waals surface area contributed by atoms with E-state index in [1.165, 1.54) is 0 Å². The predicted molar refractivity (Wildman–Crippen MR) is 56.1 cm³/mol. The molecule has 0 N–H and O–H groups in total. The first-order valence-corrected chi connectivity index (χ1v) is 4.86. The van der Waals surface area contributed by atoms with Gasteiger partial charge in [0.05, 0.1) is 0 Å². The molecule has 17 heavy (non-hydrogen) atoms. The third-order valence-corrected chi connectivity index (χ3v) is 1.91. The molecule has 0 aliphatic carbocycles. The van der Waals surface area contributed by atoms with E-state index in [1.54, 1.807) is 30.3 Å². The monoisotopic (exact) mass is 244 g/mol. The standard InChI is InChI=1S/C12H11F3O2/c1-9(7-12(13,14)15)11(16)17-8-10-5-3-2-4-6-10/h2-7H,8H2,1H3. The van der Waals surface area contributed by atoms with Gasteiger partial charge < -0.3 is 4.74 Å². The van der Waals surface area contributed by atoms with E-state index in [4.69, 9.17) is 4.74 Å². The summed E-state index contributed by atoms with van der Waals surface area (Å²) in [4.78, 5) is 11.2. The van der Waals surface area contributed by atoms with Gasteiger partial charge in [0, 0.05) is 11.6 Å². The van der Waals surface area contributed by atoms with Gasteiger partial charge in [-0.25, -0.2) is 4.79 Å². The molecule has 0 saturated heterocycles. The molecule has 2 nitrogen and oxygen atoms in total. The number of esters is 1. The quantitative estimate of drug-likeness (QED) is 0.602. The lowest BCUT2D eigenvalue weighted by atomic mass is 10.2. The van der Waals surface area contributed by atoms with Gasteiger partial charge >= 0.3 is 12.1 Å². The fraction of sp³-hybridized carbons (Fsp3) is 0.250. The molecule has 1 aromatic rings. The largest absolute Gasteiger partial charge is 0.457 e. The van der Waals surface area contributed by atoms with Crippen molar-refractivity contribution in [2.45, 2.75) is 19.7 Å². The van der Waals surface area contributed by atoms with Crippen LogP contribution in [0, 0.1) is 0 Å². The lowest BCUT2D eigenvalue weighted by molar-refractivity contribution is -0.141. The van der Waals surface area contributed by atoms with E-state index in [0.29, 0.717) is 0 Å². The van der Waals surface area contributed by atoms with Gasteiger partial charge in [-0.3, -0.25) is 0 Å². The maximum atomic E-state index is 11.9. The van der Waals surface area contributed by atoms with Crippen molar-refractivity contribution in [2.24, 2.45) is 0 Å². The van der Waals surface area contributed by atoms with Crippen LogP contribution in [-0.2, 0) is 16.1 Å². The Bertz CT molecular complexity index is 408. The van der Waals surface area contributed by atoms with Gasteiger partial charge in [0.25, 0.3) is 0 Å². The second-order valence-electron chi connectivity index (χ2n) is 3.43. The Balaban J connectivity index is 2.54. The van der Waals surface area contributed by atoms with Crippen LogP contribution in [0.25, 0.3) is 0 Å². The SMILES string of the molecule is CC(=CC(F)(F)F)C(=O)OCc1ccccc1. The number of ether oxygens (including phenoxy) is 1. The van der Waals surface area contributed by atoms with Gasteiger partial charge in [0.1, 0.15) is 6.61 Å². The average Bonchev–Trinajstić information content (AvgIpc) is 2.25. The highest BCUT2D eigenvalue weighted by Gasteiger charge is 2.25. The molecule has 0 spiro atoms. The lowest BCUT2D eigenvalue weighted by Crippen LogP contribution is -2.10. The minimum atomic E-state index is -4.50. The van der Waals surface area contributed by atoms with Crippen LogP contribution in [0.4, 0.5) is 13.2 Å². The number of hydrogen-bond acceptors (Lipinski definition) is 2. The summed E-state index contributed by atoms with van der Waals surface area (Å²) < 4.78 is 40.6. The van der Waals surface area contributed by atoms with Crippen molar-refractivity contribution in [2.75, 3.05) is 0 Å². The summed E-state index contributed by atoms with van der Waals surface area (Å²) in [6.07, 6.45) is -4.57. The molecule has 0 amide bonds. The number of carbonyl (C=O) groups is 1. The zero-order valence-electron chi connectivity index (χ0n) is 9.12. The minimum absolute atomic E-state index is 0.0390. The molecule has 0 aromatic heterocycles. The second-order valence-corrected chi connectivity index (χ2v) is 3.43. The molecule has 0 unspecified atom stereocenters. The van der Waals surface area contributed by atoms with E-state index in [9.17, 15) is 18.0 Å². The highest BCUT2D eigenvalue weighted by Crippen LogP contribution is 2.19. The fourth-order valence-electron chi connectivity index (χ4n) is 1.14. The molecule has 0 atom stereocenters. The maximum Gasteiger partial charge on any atom is 0.410 e. The van der Waals surface area contributed by atoms with Crippen LogP contribution in [-0.4, -0.2) is 12.1 Å². The zero-order chi connectivity index (χ0) is 12.9. The number of rotatable bonds is 3. The zero-order valence-corrected chi connectivity index (χ0v) is 9.12. The highest BCUT2D eigenvalue weighted by molar-refractivity contribution is 5.87. The molecule has 0 saturated carbocycles. The van der Waals surface area contributed by atoms with Crippen LogP contribution < -0.4 is 0 Å². The van der Waals surface area contributed by atoms with Crippen LogP contribution >= 0.6 is 0 Å². The van der Waals surface area contributed by atoms with Crippen molar-refractivity contribution in [3.63, 3.8) is 0 Å². The van der Waals surface area contributed by atoms with E-state index in [1.807, 2.05) is 0 Å². The van der Waals surface area contributed by atoms with Gasteiger partial charge in [-0.05, 0) is 12.5 Å². The Morgan fingerprint density at radius 3 is 2.41 bits per heavy atom. The average molecular weight is 244 g/mol. The number of hydrogen-bond donors (Lipinski definition) is 0. The summed E-state index contributed by atoms with van der Waals surface area (Å²) in [7, 11) is 0. The van der Waals surface area contributed by atoms with E-state index in [0.717, 1.165) is 12.5 Å². The molecule has 5 heteroatoms. The fourth-order valence-corrected chi connectivity index (χ4v) is 1.14. The molecule has 0 aliphatic heterocycles. The summed E-state index contributed by atoms with van der Waals surface area (Å²) >= 11 is 0. The molecule has 0 aliphatic rings.